The Balaban J connectivity index is 2.46. The maximum Gasteiger partial charge on any atom is 0.254 e. The number of fused-ring (bicyclic) bond motifs is 1. The van der Waals surface area contributed by atoms with Crippen molar-refractivity contribution < 1.29 is 4.79 Å². The SMILES string of the molecule is CCN1CCc2c(Br)cccc2C1=O. The fourth-order valence-corrected chi connectivity index (χ4v) is 2.40. The van der Waals surface area contributed by atoms with Gasteiger partial charge in [-0.15, -0.1) is 0 Å². The number of carbonyl (C=O) groups excluding carboxylic acids is 1. The number of hydrogen-bond acceptors (Lipinski definition) is 1. The van der Waals surface area contributed by atoms with Crippen LogP contribution in [0.1, 0.15) is 22.8 Å². The molecular weight excluding hydrogens is 242 g/mol. The average molecular weight is 254 g/mol. The Kier molecular flexibility index (Phi) is 2.59. The molecule has 0 bridgehead atoms. The molecule has 0 atom stereocenters. The van der Waals surface area contributed by atoms with Crippen molar-refractivity contribution in [1.82, 2.24) is 4.90 Å². The third-order valence-electron chi connectivity index (χ3n) is 2.65. The zero-order valence-corrected chi connectivity index (χ0v) is 9.67. The van der Waals surface area contributed by atoms with Crippen molar-refractivity contribution in [3.8, 4) is 0 Å². The summed E-state index contributed by atoms with van der Waals surface area (Å²) < 4.78 is 1.05. The zero-order valence-electron chi connectivity index (χ0n) is 8.09. The van der Waals surface area contributed by atoms with Crippen LogP contribution in [0.4, 0.5) is 0 Å². The third-order valence-corrected chi connectivity index (χ3v) is 3.39. The standard InChI is InChI=1S/C11H12BrNO/c1-2-13-7-6-8-9(11(13)14)4-3-5-10(8)12/h3-5H,2,6-7H2,1H3. The van der Waals surface area contributed by atoms with Crippen LogP contribution in [0, 0.1) is 0 Å². The number of halogens is 1. The van der Waals surface area contributed by atoms with Gasteiger partial charge in [-0.25, -0.2) is 0 Å². The lowest BCUT2D eigenvalue weighted by molar-refractivity contribution is 0.0749. The quantitative estimate of drug-likeness (QED) is 0.753. The molecule has 1 aliphatic rings. The molecule has 0 aliphatic carbocycles. The van der Waals surface area contributed by atoms with Gasteiger partial charge < -0.3 is 4.90 Å². The molecule has 1 aromatic rings. The highest BCUT2D eigenvalue weighted by Crippen LogP contribution is 2.25. The maximum absolute atomic E-state index is 11.9. The molecule has 0 saturated carbocycles. The molecule has 1 aromatic carbocycles. The molecule has 2 nitrogen and oxygen atoms in total. The second-order valence-corrected chi connectivity index (χ2v) is 4.26. The van der Waals surface area contributed by atoms with Crippen LogP contribution in [0.25, 0.3) is 0 Å². The van der Waals surface area contributed by atoms with E-state index in [2.05, 4.69) is 15.9 Å². The van der Waals surface area contributed by atoms with E-state index in [9.17, 15) is 4.79 Å². The molecule has 14 heavy (non-hydrogen) atoms. The first kappa shape index (κ1) is 9.71. The molecule has 0 saturated heterocycles. The lowest BCUT2D eigenvalue weighted by Crippen LogP contribution is -2.37. The number of nitrogens with zero attached hydrogens (tertiary/aromatic N) is 1. The summed E-state index contributed by atoms with van der Waals surface area (Å²) in [5.74, 6) is 0.162. The Bertz CT molecular complexity index is 376. The van der Waals surface area contributed by atoms with E-state index >= 15 is 0 Å². The average Bonchev–Trinajstić information content (AvgIpc) is 2.20. The molecular formula is C11H12BrNO. The fraction of sp³-hybridized carbons (Fsp3) is 0.364. The van der Waals surface area contributed by atoms with Gasteiger partial charge in [-0.2, -0.15) is 0 Å². The van der Waals surface area contributed by atoms with E-state index in [1.165, 1.54) is 0 Å². The minimum Gasteiger partial charge on any atom is -0.339 e. The van der Waals surface area contributed by atoms with Gasteiger partial charge in [0.25, 0.3) is 5.91 Å². The summed E-state index contributed by atoms with van der Waals surface area (Å²) in [5, 5.41) is 0. The highest BCUT2D eigenvalue weighted by molar-refractivity contribution is 9.10. The van der Waals surface area contributed by atoms with Crippen LogP contribution in [0.2, 0.25) is 0 Å². The smallest absolute Gasteiger partial charge is 0.254 e. The predicted octanol–water partition coefficient (Wildman–Crippen LogP) is 2.47. The number of hydrogen-bond donors (Lipinski definition) is 0. The van der Waals surface area contributed by atoms with Gasteiger partial charge in [0.2, 0.25) is 0 Å². The zero-order chi connectivity index (χ0) is 10.1. The van der Waals surface area contributed by atoms with Crippen LogP contribution in [-0.4, -0.2) is 23.9 Å². The number of likely N-dealkylation sites (N-methyl/N-ethyl adjacent to an activating group) is 1. The van der Waals surface area contributed by atoms with Crippen molar-refractivity contribution in [3.63, 3.8) is 0 Å². The van der Waals surface area contributed by atoms with Crippen molar-refractivity contribution in [1.29, 1.82) is 0 Å². The summed E-state index contributed by atoms with van der Waals surface area (Å²) in [6, 6.07) is 5.82. The van der Waals surface area contributed by atoms with Crippen LogP contribution in [0.15, 0.2) is 22.7 Å². The molecule has 0 N–H and O–H groups in total. The number of carbonyl (C=O) groups is 1. The number of amides is 1. The number of rotatable bonds is 1. The van der Waals surface area contributed by atoms with E-state index in [1.807, 2.05) is 30.0 Å². The fourth-order valence-electron chi connectivity index (χ4n) is 1.83. The van der Waals surface area contributed by atoms with Crippen LogP contribution in [0.5, 0.6) is 0 Å². The summed E-state index contributed by atoms with van der Waals surface area (Å²) in [6.45, 7) is 3.65. The molecule has 3 heteroatoms. The van der Waals surface area contributed by atoms with E-state index in [-0.39, 0.29) is 5.91 Å². The number of benzene rings is 1. The van der Waals surface area contributed by atoms with Crippen molar-refractivity contribution in [2.24, 2.45) is 0 Å². The predicted molar refractivity (Wildman–Crippen MR) is 59.4 cm³/mol. The van der Waals surface area contributed by atoms with Gasteiger partial charge in [-0.05, 0) is 31.0 Å². The second kappa shape index (κ2) is 3.73. The maximum atomic E-state index is 11.9. The highest BCUT2D eigenvalue weighted by atomic mass is 79.9. The van der Waals surface area contributed by atoms with E-state index in [0.717, 1.165) is 35.1 Å². The Morgan fingerprint density at radius 3 is 3.00 bits per heavy atom. The third kappa shape index (κ3) is 1.46. The molecule has 1 amide bonds. The first-order valence-corrected chi connectivity index (χ1v) is 5.60. The molecule has 0 radical (unpaired) electrons. The Morgan fingerprint density at radius 2 is 2.29 bits per heavy atom. The molecule has 0 unspecified atom stereocenters. The topological polar surface area (TPSA) is 20.3 Å². The van der Waals surface area contributed by atoms with Gasteiger partial charge in [-0.1, -0.05) is 22.0 Å². The summed E-state index contributed by atoms with van der Waals surface area (Å²) in [5.41, 5.74) is 2.01. The Labute approximate surface area is 92.0 Å². The van der Waals surface area contributed by atoms with E-state index < -0.39 is 0 Å². The second-order valence-electron chi connectivity index (χ2n) is 3.40. The van der Waals surface area contributed by atoms with E-state index in [0.29, 0.717) is 0 Å². The van der Waals surface area contributed by atoms with Crippen LogP contribution < -0.4 is 0 Å². The van der Waals surface area contributed by atoms with Crippen molar-refractivity contribution in [2.75, 3.05) is 13.1 Å². The van der Waals surface area contributed by atoms with E-state index in [4.69, 9.17) is 0 Å². The van der Waals surface area contributed by atoms with Gasteiger partial charge in [0.05, 0.1) is 0 Å². The van der Waals surface area contributed by atoms with Crippen LogP contribution in [0.3, 0.4) is 0 Å². The molecule has 74 valence electrons. The van der Waals surface area contributed by atoms with Crippen LogP contribution >= 0.6 is 15.9 Å². The van der Waals surface area contributed by atoms with Gasteiger partial charge in [0, 0.05) is 23.1 Å². The van der Waals surface area contributed by atoms with E-state index in [1.54, 1.807) is 0 Å². The molecule has 1 aliphatic heterocycles. The van der Waals surface area contributed by atoms with Crippen molar-refractivity contribution in [2.45, 2.75) is 13.3 Å². The summed E-state index contributed by atoms with van der Waals surface area (Å²) in [4.78, 5) is 13.8. The minimum absolute atomic E-state index is 0.162. The Hall–Kier alpha value is -0.830. The first-order chi connectivity index (χ1) is 6.74. The molecule has 0 aromatic heterocycles. The normalized spacial score (nSPS) is 15.6. The van der Waals surface area contributed by atoms with Crippen molar-refractivity contribution in [3.05, 3.63) is 33.8 Å². The monoisotopic (exact) mass is 253 g/mol. The van der Waals surface area contributed by atoms with Gasteiger partial charge >= 0.3 is 0 Å². The minimum atomic E-state index is 0.162. The molecule has 0 spiro atoms. The molecule has 1 heterocycles. The van der Waals surface area contributed by atoms with Gasteiger partial charge in [-0.3, -0.25) is 4.79 Å². The lowest BCUT2D eigenvalue weighted by atomic mass is 9.99. The van der Waals surface area contributed by atoms with Gasteiger partial charge in [0.1, 0.15) is 0 Å². The molecule has 0 fully saturated rings. The van der Waals surface area contributed by atoms with Gasteiger partial charge in [0.15, 0.2) is 0 Å². The summed E-state index contributed by atoms with van der Waals surface area (Å²) in [7, 11) is 0. The first-order valence-electron chi connectivity index (χ1n) is 4.80. The lowest BCUT2D eigenvalue weighted by Gasteiger charge is -2.27. The Morgan fingerprint density at radius 1 is 1.50 bits per heavy atom. The van der Waals surface area contributed by atoms with Crippen LogP contribution in [-0.2, 0) is 6.42 Å². The largest absolute Gasteiger partial charge is 0.339 e. The molecule has 2 rings (SSSR count). The van der Waals surface area contributed by atoms with Crippen molar-refractivity contribution >= 4 is 21.8 Å². The summed E-state index contributed by atoms with van der Waals surface area (Å²) in [6.07, 6.45) is 0.955. The summed E-state index contributed by atoms with van der Waals surface area (Å²) >= 11 is 3.48. The highest BCUT2D eigenvalue weighted by Gasteiger charge is 2.23.